The molecule has 1 aromatic heterocycles. The van der Waals surface area contributed by atoms with E-state index in [0.717, 1.165) is 11.4 Å². The van der Waals surface area contributed by atoms with Gasteiger partial charge in [0.2, 0.25) is 0 Å². The molecule has 0 bridgehead atoms. The van der Waals surface area contributed by atoms with E-state index in [1.54, 1.807) is 0 Å². The summed E-state index contributed by atoms with van der Waals surface area (Å²) in [7, 11) is 0. The first-order chi connectivity index (χ1) is 21.8. The minimum absolute atomic E-state index is 1.06. The van der Waals surface area contributed by atoms with Gasteiger partial charge in [-0.25, -0.2) is 0 Å². The lowest BCUT2D eigenvalue weighted by Crippen LogP contribution is -1.94. The highest BCUT2D eigenvalue weighted by Crippen LogP contribution is 2.39. The fourth-order valence-corrected chi connectivity index (χ4v) is 7.12. The Labute approximate surface area is 261 Å². The first kappa shape index (κ1) is 26.2. The molecule has 208 valence electrons. The van der Waals surface area contributed by atoms with Crippen LogP contribution in [-0.4, -0.2) is 0 Å². The summed E-state index contributed by atoms with van der Waals surface area (Å²) in [5.74, 6) is 0. The van der Waals surface area contributed by atoms with E-state index in [2.05, 4.69) is 175 Å². The Morgan fingerprint density at radius 1 is 0.295 bits per heavy atom. The molecule has 0 unspecified atom stereocenters. The molecule has 8 aromatic rings. The Balaban J connectivity index is 1.26. The van der Waals surface area contributed by atoms with Crippen LogP contribution in [0.25, 0.3) is 64.7 Å². The Hall–Kier alpha value is -5.44. The van der Waals surface area contributed by atoms with Crippen molar-refractivity contribution in [2.75, 3.05) is 5.32 Å². The normalized spacial score (nSPS) is 11.2. The number of hydrogen-bond donors (Lipinski definition) is 1. The molecule has 2 heteroatoms. The van der Waals surface area contributed by atoms with Gasteiger partial charge in [-0.3, -0.25) is 0 Å². The molecule has 44 heavy (non-hydrogen) atoms. The second-order valence-corrected chi connectivity index (χ2v) is 12.2. The smallest absolute Gasteiger partial charge is 0.0396 e. The third kappa shape index (κ3) is 5.17. The third-order valence-corrected chi connectivity index (χ3v) is 9.34. The molecular formula is C42H29NS. The fraction of sp³-hybridized carbons (Fsp3) is 0. The monoisotopic (exact) mass is 579 g/mol. The average molecular weight is 580 g/mol. The fourth-order valence-electron chi connectivity index (χ4n) is 6.03. The van der Waals surface area contributed by atoms with Crippen molar-refractivity contribution in [3.63, 3.8) is 0 Å². The summed E-state index contributed by atoms with van der Waals surface area (Å²) in [5, 5.41) is 6.44. The quantitative estimate of drug-likeness (QED) is 0.207. The van der Waals surface area contributed by atoms with Gasteiger partial charge in [-0.2, -0.15) is 0 Å². The molecule has 1 N–H and O–H groups in total. The van der Waals surface area contributed by atoms with E-state index >= 15 is 0 Å². The lowest BCUT2D eigenvalue weighted by Gasteiger charge is -2.15. The van der Waals surface area contributed by atoms with Crippen molar-refractivity contribution in [1.29, 1.82) is 0 Å². The lowest BCUT2D eigenvalue weighted by atomic mass is 9.96. The van der Waals surface area contributed by atoms with Gasteiger partial charge in [-0.15, -0.1) is 11.3 Å². The second kappa shape index (κ2) is 11.3. The van der Waals surface area contributed by atoms with Crippen LogP contribution in [0.15, 0.2) is 170 Å². The summed E-state index contributed by atoms with van der Waals surface area (Å²) in [6.07, 6.45) is 0. The molecule has 0 spiro atoms. The van der Waals surface area contributed by atoms with Crippen LogP contribution in [0.5, 0.6) is 0 Å². The van der Waals surface area contributed by atoms with Crippen LogP contribution in [0.4, 0.5) is 11.4 Å². The SMILES string of the molecule is c1ccc(-c2cc(Nc3cc(-c4ccccc4)cc(-c4ccc5sc6ccccc6c5c4)c3)cc(-c3ccccc3)c2)cc1. The predicted molar refractivity (Wildman–Crippen MR) is 191 cm³/mol. The van der Waals surface area contributed by atoms with Gasteiger partial charge in [-0.05, 0) is 99.1 Å². The molecule has 0 radical (unpaired) electrons. The van der Waals surface area contributed by atoms with Crippen LogP contribution in [-0.2, 0) is 0 Å². The van der Waals surface area contributed by atoms with Gasteiger partial charge in [0.15, 0.2) is 0 Å². The molecule has 0 amide bonds. The summed E-state index contributed by atoms with van der Waals surface area (Å²) >= 11 is 1.86. The van der Waals surface area contributed by atoms with Gasteiger partial charge in [0.25, 0.3) is 0 Å². The van der Waals surface area contributed by atoms with Crippen LogP contribution in [0.2, 0.25) is 0 Å². The van der Waals surface area contributed by atoms with Gasteiger partial charge in [0.05, 0.1) is 0 Å². The van der Waals surface area contributed by atoms with Crippen LogP contribution in [0.3, 0.4) is 0 Å². The van der Waals surface area contributed by atoms with E-state index in [0.29, 0.717) is 0 Å². The van der Waals surface area contributed by atoms with Crippen molar-refractivity contribution in [3.8, 4) is 44.5 Å². The maximum Gasteiger partial charge on any atom is 0.0396 e. The zero-order valence-electron chi connectivity index (χ0n) is 24.1. The van der Waals surface area contributed by atoms with Crippen LogP contribution in [0.1, 0.15) is 0 Å². The summed E-state index contributed by atoms with van der Waals surface area (Å²) in [4.78, 5) is 0. The maximum atomic E-state index is 3.81. The molecule has 0 atom stereocenters. The highest BCUT2D eigenvalue weighted by molar-refractivity contribution is 7.25. The minimum atomic E-state index is 1.06. The van der Waals surface area contributed by atoms with Gasteiger partial charge >= 0.3 is 0 Å². The number of anilines is 2. The zero-order chi connectivity index (χ0) is 29.3. The number of rotatable bonds is 6. The number of hydrogen-bond acceptors (Lipinski definition) is 2. The summed E-state index contributed by atoms with van der Waals surface area (Å²) in [6, 6.07) is 61.1. The number of fused-ring (bicyclic) bond motifs is 3. The Kier molecular flexibility index (Phi) is 6.75. The van der Waals surface area contributed by atoms with Crippen molar-refractivity contribution in [3.05, 3.63) is 170 Å². The molecule has 0 aliphatic rings. The van der Waals surface area contributed by atoms with Gasteiger partial charge in [0.1, 0.15) is 0 Å². The summed E-state index contributed by atoms with van der Waals surface area (Å²) in [6.45, 7) is 0. The van der Waals surface area contributed by atoms with E-state index in [9.17, 15) is 0 Å². The molecule has 7 aromatic carbocycles. The molecule has 0 fully saturated rings. The predicted octanol–water partition coefficient (Wildman–Crippen LogP) is 12.5. The average Bonchev–Trinajstić information content (AvgIpc) is 3.47. The van der Waals surface area contributed by atoms with E-state index in [1.165, 1.54) is 64.7 Å². The first-order valence-electron chi connectivity index (χ1n) is 14.9. The minimum Gasteiger partial charge on any atom is -0.355 e. The standard InChI is InChI=1S/C42H29NS/c1-4-12-29(13-5-1)33-22-34(30-14-6-2-7-15-30)25-37(24-33)43-38-26-35(31-16-8-3-9-17-31)23-36(27-38)32-20-21-42-40(28-32)39-18-10-11-19-41(39)44-42/h1-28,43H. The molecule has 1 heterocycles. The largest absolute Gasteiger partial charge is 0.355 e. The zero-order valence-corrected chi connectivity index (χ0v) is 24.9. The molecule has 8 rings (SSSR count). The van der Waals surface area contributed by atoms with Crippen molar-refractivity contribution in [1.82, 2.24) is 0 Å². The topological polar surface area (TPSA) is 12.0 Å². The van der Waals surface area contributed by atoms with E-state index in [4.69, 9.17) is 0 Å². The lowest BCUT2D eigenvalue weighted by molar-refractivity contribution is 1.52. The van der Waals surface area contributed by atoms with E-state index in [1.807, 2.05) is 11.3 Å². The van der Waals surface area contributed by atoms with Crippen molar-refractivity contribution in [2.24, 2.45) is 0 Å². The number of thiophene rings is 1. The Morgan fingerprint density at radius 2 is 0.727 bits per heavy atom. The first-order valence-corrected chi connectivity index (χ1v) is 15.7. The molecule has 0 saturated heterocycles. The molecular weight excluding hydrogens is 551 g/mol. The van der Waals surface area contributed by atoms with Gasteiger partial charge < -0.3 is 5.32 Å². The highest BCUT2D eigenvalue weighted by Gasteiger charge is 2.11. The van der Waals surface area contributed by atoms with E-state index in [-0.39, 0.29) is 0 Å². The molecule has 1 nitrogen and oxygen atoms in total. The van der Waals surface area contributed by atoms with Crippen LogP contribution >= 0.6 is 11.3 Å². The van der Waals surface area contributed by atoms with Crippen molar-refractivity contribution < 1.29 is 0 Å². The van der Waals surface area contributed by atoms with Gasteiger partial charge in [-0.1, -0.05) is 115 Å². The highest BCUT2D eigenvalue weighted by atomic mass is 32.1. The summed E-state index contributed by atoms with van der Waals surface area (Å²) < 4.78 is 2.64. The Bertz CT molecular complexity index is 2170. The van der Waals surface area contributed by atoms with Crippen molar-refractivity contribution >= 4 is 42.9 Å². The maximum absolute atomic E-state index is 3.81. The van der Waals surface area contributed by atoms with Gasteiger partial charge in [0, 0.05) is 31.5 Å². The molecule has 0 aliphatic heterocycles. The van der Waals surface area contributed by atoms with E-state index < -0.39 is 0 Å². The van der Waals surface area contributed by atoms with Crippen LogP contribution < -0.4 is 5.32 Å². The third-order valence-electron chi connectivity index (χ3n) is 8.19. The summed E-state index contributed by atoms with van der Waals surface area (Å²) in [5.41, 5.74) is 11.7. The number of benzene rings is 7. The molecule has 0 saturated carbocycles. The van der Waals surface area contributed by atoms with Crippen molar-refractivity contribution in [2.45, 2.75) is 0 Å². The second-order valence-electron chi connectivity index (χ2n) is 11.1. The van der Waals surface area contributed by atoms with Crippen LogP contribution in [0, 0.1) is 0 Å². The Morgan fingerprint density at radius 3 is 1.25 bits per heavy atom. The molecule has 0 aliphatic carbocycles. The number of nitrogens with one attached hydrogen (secondary N) is 1.